The van der Waals surface area contributed by atoms with E-state index in [2.05, 4.69) is 45.7 Å². The van der Waals surface area contributed by atoms with Crippen molar-refractivity contribution in [3.05, 3.63) is 33.9 Å². The van der Waals surface area contributed by atoms with Crippen LogP contribution in [0.5, 0.6) is 0 Å². The third kappa shape index (κ3) is 2.40. The van der Waals surface area contributed by atoms with Crippen LogP contribution in [0.1, 0.15) is 20.3 Å². The summed E-state index contributed by atoms with van der Waals surface area (Å²) in [6.07, 6.45) is 3.01. The molecule has 0 aromatic carbocycles. The lowest BCUT2D eigenvalue weighted by molar-refractivity contribution is 0.746. The molecule has 0 saturated heterocycles. The van der Waals surface area contributed by atoms with Crippen molar-refractivity contribution in [3.63, 3.8) is 0 Å². The highest BCUT2D eigenvalue weighted by Gasteiger charge is 2.14. The van der Waals surface area contributed by atoms with Crippen molar-refractivity contribution in [3.8, 4) is 0 Å². The molecule has 0 aliphatic carbocycles. The maximum Gasteiger partial charge on any atom is 0.128 e. The van der Waals surface area contributed by atoms with Gasteiger partial charge in [-0.05, 0) is 48.3 Å². The van der Waals surface area contributed by atoms with Gasteiger partial charge in [-0.25, -0.2) is 4.98 Å². The van der Waals surface area contributed by atoms with E-state index >= 15 is 0 Å². The van der Waals surface area contributed by atoms with Crippen molar-refractivity contribution in [2.45, 2.75) is 20.3 Å². The average molecular weight is 267 g/mol. The second kappa shape index (κ2) is 4.35. The van der Waals surface area contributed by atoms with Crippen LogP contribution in [0.25, 0.3) is 0 Å². The first-order chi connectivity index (χ1) is 7.16. The Balaban J connectivity index is 2.17. The molecule has 0 fully saturated rings. The van der Waals surface area contributed by atoms with Crippen LogP contribution < -0.4 is 4.90 Å². The summed E-state index contributed by atoms with van der Waals surface area (Å²) in [7, 11) is 0. The van der Waals surface area contributed by atoms with Crippen molar-refractivity contribution in [1.29, 1.82) is 0 Å². The van der Waals surface area contributed by atoms with Crippen LogP contribution in [-0.4, -0.2) is 18.1 Å². The monoisotopic (exact) mass is 266 g/mol. The van der Waals surface area contributed by atoms with E-state index in [1.54, 1.807) is 0 Å². The second-order valence-corrected chi connectivity index (χ2v) is 4.98. The van der Waals surface area contributed by atoms with Gasteiger partial charge in [0.25, 0.3) is 0 Å². The molecule has 0 spiro atoms. The number of rotatable bonds is 1. The highest BCUT2D eigenvalue weighted by Crippen LogP contribution is 2.22. The Morgan fingerprint density at radius 2 is 2.07 bits per heavy atom. The number of anilines is 1. The molecule has 0 unspecified atom stereocenters. The predicted molar refractivity (Wildman–Crippen MR) is 67.1 cm³/mol. The molecule has 3 heteroatoms. The molecule has 0 radical (unpaired) electrons. The van der Waals surface area contributed by atoms with Gasteiger partial charge >= 0.3 is 0 Å². The van der Waals surface area contributed by atoms with Crippen molar-refractivity contribution < 1.29 is 0 Å². The molecule has 2 rings (SSSR count). The smallest absolute Gasteiger partial charge is 0.128 e. The van der Waals surface area contributed by atoms with Gasteiger partial charge in [-0.2, -0.15) is 0 Å². The molecule has 1 aliphatic rings. The largest absolute Gasteiger partial charge is 0.352 e. The van der Waals surface area contributed by atoms with Gasteiger partial charge in [0.05, 0.1) is 0 Å². The van der Waals surface area contributed by atoms with Gasteiger partial charge in [0, 0.05) is 23.8 Å². The van der Waals surface area contributed by atoms with Gasteiger partial charge in [-0.1, -0.05) is 11.1 Å². The van der Waals surface area contributed by atoms with Gasteiger partial charge < -0.3 is 4.90 Å². The fourth-order valence-electron chi connectivity index (χ4n) is 1.77. The Morgan fingerprint density at radius 3 is 2.67 bits per heavy atom. The molecule has 2 heterocycles. The molecule has 0 N–H and O–H groups in total. The first kappa shape index (κ1) is 10.7. The van der Waals surface area contributed by atoms with Crippen molar-refractivity contribution in [2.75, 3.05) is 18.0 Å². The summed E-state index contributed by atoms with van der Waals surface area (Å²) in [5.74, 6) is 1.07. The van der Waals surface area contributed by atoms with Crippen molar-refractivity contribution in [1.82, 2.24) is 4.98 Å². The molecular formula is C12H15BrN2. The molecule has 80 valence electrons. The van der Waals surface area contributed by atoms with Crippen molar-refractivity contribution >= 4 is 21.7 Å². The maximum absolute atomic E-state index is 4.42. The minimum Gasteiger partial charge on any atom is -0.352 e. The Bertz CT molecular complexity index is 381. The molecule has 0 bridgehead atoms. The standard InChI is InChI=1S/C12H15BrN2/c1-9-5-6-15(8-10(9)2)12-4-3-11(13)7-14-12/h3-4,7H,5-6,8H2,1-2H3. The summed E-state index contributed by atoms with van der Waals surface area (Å²) in [6.45, 7) is 6.53. The molecule has 0 saturated carbocycles. The lowest BCUT2D eigenvalue weighted by Gasteiger charge is -2.29. The number of halogens is 1. The average Bonchev–Trinajstić information content (AvgIpc) is 2.23. The van der Waals surface area contributed by atoms with Gasteiger partial charge in [-0.15, -0.1) is 0 Å². The normalized spacial score (nSPS) is 17.1. The summed E-state index contributed by atoms with van der Waals surface area (Å²) < 4.78 is 1.03. The van der Waals surface area contributed by atoms with E-state index in [0.717, 1.165) is 29.8 Å². The maximum atomic E-state index is 4.42. The number of hydrogen-bond donors (Lipinski definition) is 0. The minimum absolute atomic E-state index is 1.01. The number of nitrogens with zero attached hydrogens (tertiary/aromatic N) is 2. The SMILES string of the molecule is CC1=C(C)CN(c2ccc(Br)cn2)CC1. The quantitative estimate of drug-likeness (QED) is 0.725. The zero-order chi connectivity index (χ0) is 10.8. The fraction of sp³-hybridized carbons (Fsp3) is 0.417. The van der Waals surface area contributed by atoms with Crippen LogP contribution in [-0.2, 0) is 0 Å². The topological polar surface area (TPSA) is 16.1 Å². The first-order valence-corrected chi connectivity index (χ1v) is 5.98. The molecule has 0 atom stereocenters. The zero-order valence-electron chi connectivity index (χ0n) is 9.13. The Kier molecular flexibility index (Phi) is 3.10. The van der Waals surface area contributed by atoms with Gasteiger partial charge in [0.1, 0.15) is 5.82 Å². The van der Waals surface area contributed by atoms with Crippen molar-refractivity contribution in [2.24, 2.45) is 0 Å². The Hall–Kier alpha value is -0.830. The third-order valence-corrected chi connectivity index (χ3v) is 3.42. The molecule has 15 heavy (non-hydrogen) atoms. The summed E-state index contributed by atoms with van der Waals surface area (Å²) in [6, 6.07) is 4.11. The van der Waals surface area contributed by atoms with Crippen LogP contribution in [0, 0.1) is 0 Å². The van der Waals surface area contributed by atoms with E-state index in [1.165, 1.54) is 11.1 Å². The predicted octanol–water partition coefficient (Wildman–Crippen LogP) is 3.39. The number of pyridine rings is 1. The number of aromatic nitrogens is 1. The highest BCUT2D eigenvalue weighted by atomic mass is 79.9. The molecule has 2 nitrogen and oxygen atoms in total. The van der Waals surface area contributed by atoms with Crippen LogP contribution in [0.2, 0.25) is 0 Å². The Morgan fingerprint density at radius 1 is 1.27 bits per heavy atom. The van der Waals surface area contributed by atoms with E-state index < -0.39 is 0 Å². The highest BCUT2D eigenvalue weighted by molar-refractivity contribution is 9.10. The summed E-state index contributed by atoms with van der Waals surface area (Å²) in [5, 5.41) is 0. The van der Waals surface area contributed by atoms with Gasteiger partial charge in [0.2, 0.25) is 0 Å². The molecule has 1 aromatic heterocycles. The molecular weight excluding hydrogens is 252 g/mol. The summed E-state index contributed by atoms with van der Waals surface area (Å²) in [4.78, 5) is 6.75. The third-order valence-electron chi connectivity index (χ3n) is 2.95. The van der Waals surface area contributed by atoms with Gasteiger partial charge in [0.15, 0.2) is 0 Å². The zero-order valence-corrected chi connectivity index (χ0v) is 10.7. The van der Waals surface area contributed by atoms with E-state index in [1.807, 2.05) is 12.3 Å². The minimum atomic E-state index is 1.01. The fourth-order valence-corrected chi connectivity index (χ4v) is 2.00. The van der Waals surface area contributed by atoms with Gasteiger partial charge in [-0.3, -0.25) is 0 Å². The molecule has 0 amide bonds. The van der Waals surface area contributed by atoms with Crippen LogP contribution in [0.3, 0.4) is 0 Å². The van der Waals surface area contributed by atoms with E-state index in [9.17, 15) is 0 Å². The van der Waals surface area contributed by atoms with E-state index in [-0.39, 0.29) is 0 Å². The van der Waals surface area contributed by atoms with E-state index in [4.69, 9.17) is 0 Å². The summed E-state index contributed by atoms with van der Waals surface area (Å²) >= 11 is 3.40. The Labute approximate surface area is 99.1 Å². The second-order valence-electron chi connectivity index (χ2n) is 4.07. The van der Waals surface area contributed by atoms with E-state index in [0.29, 0.717) is 0 Å². The molecule has 1 aliphatic heterocycles. The summed E-state index contributed by atoms with van der Waals surface area (Å²) in [5.41, 5.74) is 3.01. The van der Waals surface area contributed by atoms with Crippen LogP contribution in [0.4, 0.5) is 5.82 Å². The van der Waals surface area contributed by atoms with Crippen LogP contribution in [0.15, 0.2) is 33.9 Å². The molecule has 1 aromatic rings. The lowest BCUT2D eigenvalue weighted by atomic mass is 10.0. The number of hydrogen-bond acceptors (Lipinski definition) is 2. The lowest BCUT2D eigenvalue weighted by Crippen LogP contribution is -2.31. The first-order valence-electron chi connectivity index (χ1n) is 5.18. The van der Waals surface area contributed by atoms with Crippen LogP contribution >= 0.6 is 15.9 Å².